The number of rotatable bonds is 4. The molecular weight excluding hydrogens is 348 g/mol. The molecule has 1 atom stereocenters. The van der Waals surface area contributed by atoms with Gasteiger partial charge in [-0.1, -0.05) is 47.6 Å². The molecule has 0 radical (unpaired) electrons. The normalized spacial score (nSPS) is 12.3. The molecule has 0 fully saturated rings. The molecule has 3 aromatic rings. The monoisotopic (exact) mass is 360 g/mol. The largest absolute Gasteiger partial charge is 0.338 e. The molecule has 3 rings (SSSR count). The van der Waals surface area contributed by atoms with Crippen LogP contribution < -0.4 is 0 Å². The summed E-state index contributed by atoms with van der Waals surface area (Å²) in [5.41, 5.74) is 0.964. The van der Waals surface area contributed by atoms with Crippen LogP contribution >= 0.6 is 27.7 Å². The van der Waals surface area contributed by atoms with Crippen molar-refractivity contribution < 1.29 is 4.52 Å². The second-order valence-electron chi connectivity index (χ2n) is 4.51. The molecule has 21 heavy (non-hydrogen) atoms. The fourth-order valence-corrected chi connectivity index (χ4v) is 3.37. The van der Waals surface area contributed by atoms with Gasteiger partial charge in [0.2, 0.25) is 11.7 Å². The lowest BCUT2D eigenvalue weighted by atomic mass is 10.2. The van der Waals surface area contributed by atoms with Crippen LogP contribution in [0, 0.1) is 0 Å². The van der Waals surface area contributed by atoms with E-state index in [-0.39, 0.29) is 5.25 Å². The zero-order chi connectivity index (χ0) is 14.7. The van der Waals surface area contributed by atoms with Crippen LogP contribution in [0.4, 0.5) is 0 Å². The lowest BCUT2D eigenvalue weighted by molar-refractivity contribution is 0.381. The summed E-state index contributed by atoms with van der Waals surface area (Å²) in [6, 6.07) is 18.0. The molecule has 5 heteroatoms. The fourth-order valence-electron chi connectivity index (χ4n) is 1.89. The van der Waals surface area contributed by atoms with Crippen LogP contribution in [0.25, 0.3) is 11.4 Å². The number of benzene rings is 2. The van der Waals surface area contributed by atoms with Crippen LogP contribution in [-0.2, 0) is 0 Å². The lowest BCUT2D eigenvalue weighted by Gasteiger charge is -2.07. The van der Waals surface area contributed by atoms with Gasteiger partial charge in [-0.2, -0.15) is 4.98 Å². The Morgan fingerprint density at radius 3 is 2.52 bits per heavy atom. The van der Waals surface area contributed by atoms with E-state index in [1.54, 1.807) is 11.8 Å². The third kappa shape index (κ3) is 3.36. The average molecular weight is 361 g/mol. The van der Waals surface area contributed by atoms with Crippen molar-refractivity contribution >= 4 is 27.7 Å². The minimum atomic E-state index is 0.0914. The van der Waals surface area contributed by atoms with Gasteiger partial charge < -0.3 is 4.52 Å². The van der Waals surface area contributed by atoms with E-state index in [4.69, 9.17) is 4.52 Å². The Morgan fingerprint density at radius 1 is 1.05 bits per heavy atom. The number of nitrogens with zero attached hydrogens (tertiary/aromatic N) is 2. The Kier molecular flexibility index (Phi) is 4.41. The maximum Gasteiger partial charge on any atom is 0.240 e. The van der Waals surface area contributed by atoms with Crippen molar-refractivity contribution in [2.24, 2.45) is 0 Å². The van der Waals surface area contributed by atoms with Crippen LogP contribution in [-0.4, -0.2) is 10.1 Å². The van der Waals surface area contributed by atoms with Crippen molar-refractivity contribution in [2.45, 2.75) is 17.1 Å². The van der Waals surface area contributed by atoms with Gasteiger partial charge in [-0.25, -0.2) is 0 Å². The molecule has 0 bridgehead atoms. The molecule has 0 spiro atoms. The third-order valence-electron chi connectivity index (χ3n) is 2.96. The summed E-state index contributed by atoms with van der Waals surface area (Å²) in [5.74, 6) is 1.26. The van der Waals surface area contributed by atoms with E-state index in [0.29, 0.717) is 11.7 Å². The van der Waals surface area contributed by atoms with E-state index in [1.807, 2.05) is 48.5 Å². The van der Waals surface area contributed by atoms with Crippen molar-refractivity contribution in [3.8, 4) is 11.4 Å². The van der Waals surface area contributed by atoms with E-state index in [9.17, 15) is 0 Å². The van der Waals surface area contributed by atoms with Gasteiger partial charge in [-0.3, -0.25) is 0 Å². The molecule has 2 aromatic carbocycles. The maximum absolute atomic E-state index is 5.40. The third-order valence-corrected chi connectivity index (χ3v) is 5.08. The molecule has 0 N–H and O–H groups in total. The van der Waals surface area contributed by atoms with Crippen molar-refractivity contribution in [1.29, 1.82) is 0 Å². The number of hydrogen-bond acceptors (Lipinski definition) is 4. The molecule has 0 saturated carbocycles. The highest BCUT2D eigenvalue weighted by Crippen LogP contribution is 2.38. The van der Waals surface area contributed by atoms with Crippen LogP contribution in [0.5, 0.6) is 0 Å². The van der Waals surface area contributed by atoms with E-state index in [2.05, 4.69) is 39.1 Å². The summed E-state index contributed by atoms with van der Waals surface area (Å²) in [6.45, 7) is 2.06. The molecule has 3 nitrogen and oxygen atoms in total. The minimum absolute atomic E-state index is 0.0914. The van der Waals surface area contributed by atoms with Gasteiger partial charge in [0.25, 0.3) is 0 Å². The molecule has 1 aromatic heterocycles. The first-order valence-electron chi connectivity index (χ1n) is 6.54. The predicted molar refractivity (Wildman–Crippen MR) is 88.1 cm³/mol. The highest BCUT2D eigenvalue weighted by atomic mass is 79.9. The summed E-state index contributed by atoms with van der Waals surface area (Å²) >= 11 is 5.24. The molecule has 106 valence electrons. The first kappa shape index (κ1) is 14.4. The number of hydrogen-bond donors (Lipinski definition) is 0. The Balaban J connectivity index is 1.79. The molecule has 1 unspecified atom stereocenters. The summed E-state index contributed by atoms with van der Waals surface area (Å²) in [4.78, 5) is 5.65. The van der Waals surface area contributed by atoms with Crippen LogP contribution in [0.2, 0.25) is 0 Å². The number of thioether (sulfide) groups is 1. The highest BCUT2D eigenvalue weighted by Gasteiger charge is 2.17. The Labute approximate surface area is 135 Å². The van der Waals surface area contributed by atoms with Gasteiger partial charge >= 0.3 is 0 Å². The van der Waals surface area contributed by atoms with Crippen LogP contribution in [0.3, 0.4) is 0 Å². The highest BCUT2D eigenvalue weighted by molar-refractivity contribution is 9.10. The molecule has 0 amide bonds. The van der Waals surface area contributed by atoms with E-state index >= 15 is 0 Å². The van der Waals surface area contributed by atoms with Crippen LogP contribution in [0.15, 0.2) is 68.5 Å². The second kappa shape index (κ2) is 6.45. The van der Waals surface area contributed by atoms with Gasteiger partial charge in [0.1, 0.15) is 0 Å². The van der Waals surface area contributed by atoms with Crippen molar-refractivity contribution in [2.75, 3.05) is 0 Å². The van der Waals surface area contributed by atoms with E-state index in [1.165, 1.54) is 0 Å². The minimum Gasteiger partial charge on any atom is -0.338 e. The SMILES string of the molecule is CC(Sc1ccccc1Br)c1nc(-c2ccccc2)no1. The average Bonchev–Trinajstić information content (AvgIpc) is 3.00. The van der Waals surface area contributed by atoms with Crippen LogP contribution in [0.1, 0.15) is 18.1 Å². The van der Waals surface area contributed by atoms with Gasteiger partial charge in [-0.05, 0) is 35.0 Å². The number of halogens is 1. The summed E-state index contributed by atoms with van der Waals surface area (Å²) in [6.07, 6.45) is 0. The summed E-state index contributed by atoms with van der Waals surface area (Å²) in [5, 5.41) is 4.15. The topological polar surface area (TPSA) is 38.9 Å². The molecule has 0 aliphatic rings. The summed E-state index contributed by atoms with van der Waals surface area (Å²) in [7, 11) is 0. The fraction of sp³-hybridized carbons (Fsp3) is 0.125. The molecule has 0 saturated heterocycles. The smallest absolute Gasteiger partial charge is 0.240 e. The Bertz CT molecular complexity index is 730. The zero-order valence-electron chi connectivity index (χ0n) is 11.4. The molecule has 0 aliphatic carbocycles. The zero-order valence-corrected chi connectivity index (χ0v) is 13.8. The second-order valence-corrected chi connectivity index (χ2v) is 6.75. The molecule has 0 aliphatic heterocycles. The van der Waals surface area contributed by atoms with Gasteiger partial charge in [0, 0.05) is 14.9 Å². The first-order chi connectivity index (χ1) is 10.2. The van der Waals surface area contributed by atoms with Crippen molar-refractivity contribution in [3.63, 3.8) is 0 Å². The number of aromatic nitrogens is 2. The van der Waals surface area contributed by atoms with E-state index in [0.717, 1.165) is 14.9 Å². The maximum atomic E-state index is 5.40. The Morgan fingerprint density at radius 2 is 1.76 bits per heavy atom. The predicted octanol–water partition coefficient (Wildman–Crippen LogP) is 5.35. The summed E-state index contributed by atoms with van der Waals surface area (Å²) < 4.78 is 6.47. The van der Waals surface area contributed by atoms with Gasteiger partial charge in [0.15, 0.2) is 0 Å². The van der Waals surface area contributed by atoms with Gasteiger partial charge in [0.05, 0.1) is 5.25 Å². The Hall–Kier alpha value is -1.59. The standard InChI is InChI=1S/C16H13BrN2OS/c1-11(21-14-10-6-5-9-13(14)17)16-18-15(19-20-16)12-7-3-2-4-8-12/h2-11H,1H3. The quantitative estimate of drug-likeness (QED) is 0.587. The molecular formula is C16H13BrN2OS. The van der Waals surface area contributed by atoms with Crippen molar-refractivity contribution in [1.82, 2.24) is 10.1 Å². The first-order valence-corrected chi connectivity index (χ1v) is 8.21. The lowest BCUT2D eigenvalue weighted by Crippen LogP contribution is -1.89. The van der Waals surface area contributed by atoms with Crippen molar-refractivity contribution in [3.05, 3.63) is 65.0 Å². The van der Waals surface area contributed by atoms with E-state index < -0.39 is 0 Å². The molecule has 1 heterocycles. The van der Waals surface area contributed by atoms with Gasteiger partial charge in [-0.15, -0.1) is 11.8 Å².